The molecule has 0 radical (unpaired) electrons. The van der Waals surface area contributed by atoms with Gasteiger partial charge in [-0.1, -0.05) is 23.7 Å². The molecule has 0 spiro atoms. The Morgan fingerprint density at radius 3 is 2.76 bits per heavy atom. The average molecular weight is 415 g/mol. The first-order valence-electron chi connectivity index (χ1n) is 8.68. The van der Waals surface area contributed by atoms with E-state index in [0.717, 1.165) is 10.9 Å². The van der Waals surface area contributed by atoms with Gasteiger partial charge in [0.25, 0.3) is 11.8 Å². The second-order valence-electron chi connectivity index (χ2n) is 6.10. The molecule has 0 atom stereocenters. The van der Waals surface area contributed by atoms with E-state index in [1.165, 1.54) is 12.2 Å². The summed E-state index contributed by atoms with van der Waals surface area (Å²) in [5.74, 6) is 0.566. The van der Waals surface area contributed by atoms with Crippen LogP contribution < -0.4 is 20.3 Å². The van der Waals surface area contributed by atoms with E-state index < -0.39 is 11.8 Å². The fourth-order valence-corrected chi connectivity index (χ4v) is 2.64. The topological polar surface area (TPSA) is 89.8 Å². The standard InChI is InChI=1S/C21H19ClN2O5/c1-13-10-15(6-8-17(13)22)28-12-20(26)24-23-19(25)9-7-16-11-14-4-3-5-18(27-2)21(14)29-16/h3-11H,12H2,1-2H3,(H,23,25)(H,24,26)/b9-7+. The van der Waals surface area contributed by atoms with Crippen LogP contribution >= 0.6 is 11.6 Å². The van der Waals surface area contributed by atoms with Crippen molar-refractivity contribution in [1.29, 1.82) is 0 Å². The molecular formula is C21H19ClN2O5. The number of amides is 2. The van der Waals surface area contributed by atoms with E-state index in [0.29, 0.717) is 27.9 Å². The van der Waals surface area contributed by atoms with Crippen LogP contribution in [0.25, 0.3) is 17.0 Å². The van der Waals surface area contributed by atoms with Gasteiger partial charge in [-0.15, -0.1) is 0 Å². The number of hydrazine groups is 1. The summed E-state index contributed by atoms with van der Waals surface area (Å²) >= 11 is 5.94. The number of rotatable bonds is 6. The van der Waals surface area contributed by atoms with E-state index in [2.05, 4.69) is 10.9 Å². The van der Waals surface area contributed by atoms with Crippen LogP contribution in [0.2, 0.25) is 5.02 Å². The van der Waals surface area contributed by atoms with Gasteiger partial charge in [0.15, 0.2) is 17.9 Å². The van der Waals surface area contributed by atoms with Crippen LogP contribution in [0.3, 0.4) is 0 Å². The molecule has 1 aromatic heterocycles. The fourth-order valence-electron chi connectivity index (χ4n) is 2.52. The molecule has 0 aliphatic carbocycles. The van der Waals surface area contributed by atoms with Gasteiger partial charge >= 0.3 is 0 Å². The van der Waals surface area contributed by atoms with Gasteiger partial charge in [0.1, 0.15) is 11.5 Å². The minimum atomic E-state index is -0.520. The number of furan rings is 1. The number of carbonyl (C=O) groups excluding carboxylic acids is 2. The lowest BCUT2D eigenvalue weighted by Crippen LogP contribution is -2.43. The van der Waals surface area contributed by atoms with E-state index >= 15 is 0 Å². The summed E-state index contributed by atoms with van der Waals surface area (Å²) in [6.07, 6.45) is 2.74. The Morgan fingerprint density at radius 1 is 1.17 bits per heavy atom. The van der Waals surface area contributed by atoms with Crippen LogP contribution in [0.1, 0.15) is 11.3 Å². The highest BCUT2D eigenvalue weighted by atomic mass is 35.5. The quantitative estimate of drug-likeness (QED) is 0.474. The lowest BCUT2D eigenvalue weighted by molar-refractivity contribution is -0.128. The molecule has 2 aromatic carbocycles. The summed E-state index contributed by atoms with van der Waals surface area (Å²) < 4.78 is 16.3. The van der Waals surface area contributed by atoms with Crippen molar-refractivity contribution >= 4 is 40.5 Å². The summed E-state index contributed by atoms with van der Waals surface area (Å²) in [5.41, 5.74) is 5.98. The molecule has 7 nitrogen and oxygen atoms in total. The number of carbonyl (C=O) groups is 2. The molecule has 0 saturated carbocycles. The number of halogens is 1. The summed E-state index contributed by atoms with van der Waals surface area (Å²) in [6.45, 7) is 1.58. The normalized spacial score (nSPS) is 10.9. The van der Waals surface area contributed by atoms with Crippen molar-refractivity contribution in [3.8, 4) is 11.5 Å². The third kappa shape index (κ3) is 5.30. The summed E-state index contributed by atoms with van der Waals surface area (Å²) in [4.78, 5) is 23.7. The van der Waals surface area contributed by atoms with Crippen LogP contribution in [0.15, 0.2) is 53.0 Å². The second-order valence-corrected chi connectivity index (χ2v) is 6.51. The molecule has 0 aliphatic rings. The first-order valence-corrected chi connectivity index (χ1v) is 9.06. The molecule has 0 aliphatic heterocycles. The Labute approximate surface area is 172 Å². The summed E-state index contributed by atoms with van der Waals surface area (Å²) in [7, 11) is 1.56. The molecule has 150 valence electrons. The fraction of sp³-hybridized carbons (Fsp3) is 0.143. The third-order valence-electron chi connectivity index (χ3n) is 3.97. The molecule has 3 aromatic rings. The van der Waals surface area contributed by atoms with Crippen LogP contribution in [-0.4, -0.2) is 25.5 Å². The number of benzene rings is 2. The highest BCUT2D eigenvalue weighted by molar-refractivity contribution is 6.31. The van der Waals surface area contributed by atoms with Gasteiger partial charge in [-0.3, -0.25) is 20.4 Å². The highest BCUT2D eigenvalue weighted by Crippen LogP contribution is 2.28. The monoisotopic (exact) mass is 414 g/mol. The molecule has 3 rings (SSSR count). The largest absolute Gasteiger partial charge is 0.493 e. The van der Waals surface area contributed by atoms with E-state index in [1.807, 2.05) is 19.1 Å². The molecule has 0 fully saturated rings. The maximum Gasteiger partial charge on any atom is 0.276 e. The highest BCUT2D eigenvalue weighted by Gasteiger charge is 2.08. The van der Waals surface area contributed by atoms with Gasteiger partial charge in [0, 0.05) is 16.5 Å². The third-order valence-corrected chi connectivity index (χ3v) is 4.39. The summed E-state index contributed by atoms with van der Waals surface area (Å²) in [6, 6.07) is 12.4. The van der Waals surface area contributed by atoms with Crippen molar-refractivity contribution in [2.45, 2.75) is 6.92 Å². The van der Waals surface area contributed by atoms with E-state index in [-0.39, 0.29) is 6.61 Å². The lowest BCUT2D eigenvalue weighted by atomic mass is 10.2. The van der Waals surface area contributed by atoms with Crippen molar-refractivity contribution in [2.24, 2.45) is 0 Å². The molecule has 8 heteroatoms. The molecule has 2 amide bonds. The van der Waals surface area contributed by atoms with E-state index in [4.69, 9.17) is 25.5 Å². The van der Waals surface area contributed by atoms with E-state index in [1.54, 1.807) is 37.4 Å². The maximum absolute atomic E-state index is 11.9. The van der Waals surface area contributed by atoms with Gasteiger partial charge in [-0.2, -0.15) is 0 Å². The Hall–Kier alpha value is -3.45. The predicted octanol–water partition coefficient (Wildman–Crippen LogP) is 3.64. The van der Waals surface area contributed by atoms with Gasteiger partial charge in [0.2, 0.25) is 0 Å². The first-order chi connectivity index (χ1) is 14.0. The molecule has 0 bridgehead atoms. The number of ether oxygens (including phenoxy) is 2. The first kappa shape index (κ1) is 20.3. The number of hydrogen-bond acceptors (Lipinski definition) is 5. The zero-order chi connectivity index (χ0) is 20.8. The molecular weight excluding hydrogens is 396 g/mol. The van der Waals surface area contributed by atoms with Crippen molar-refractivity contribution in [1.82, 2.24) is 10.9 Å². The van der Waals surface area contributed by atoms with Gasteiger partial charge in [-0.25, -0.2) is 0 Å². The Balaban J connectivity index is 1.49. The van der Waals surface area contributed by atoms with Crippen LogP contribution in [0.4, 0.5) is 0 Å². The Morgan fingerprint density at radius 2 is 2.00 bits per heavy atom. The smallest absolute Gasteiger partial charge is 0.276 e. The number of nitrogens with one attached hydrogen (secondary N) is 2. The zero-order valence-corrected chi connectivity index (χ0v) is 16.6. The molecule has 0 unspecified atom stereocenters. The van der Waals surface area contributed by atoms with Gasteiger partial charge in [-0.05, 0) is 48.9 Å². The summed E-state index contributed by atoms with van der Waals surface area (Å²) in [5, 5.41) is 1.47. The van der Waals surface area contributed by atoms with Gasteiger partial charge < -0.3 is 13.9 Å². The maximum atomic E-state index is 11.9. The average Bonchev–Trinajstić information content (AvgIpc) is 3.14. The van der Waals surface area contributed by atoms with Gasteiger partial charge in [0.05, 0.1) is 7.11 Å². The minimum absolute atomic E-state index is 0.256. The Bertz CT molecular complexity index is 1070. The van der Waals surface area contributed by atoms with Crippen LogP contribution in [0.5, 0.6) is 11.5 Å². The van der Waals surface area contributed by atoms with Crippen molar-refractivity contribution in [3.63, 3.8) is 0 Å². The van der Waals surface area contributed by atoms with Crippen LogP contribution in [-0.2, 0) is 9.59 Å². The lowest BCUT2D eigenvalue weighted by Gasteiger charge is -2.08. The van der Waals surface area contributed by atoms with Crippen molar-refractivity contribution in [3.05, 3.63) is 64.9 Å². The number of aryl methyl sites for hydroxylation is 1. The Kier molecular flexibility index (Phi) is 6.41. The second kappa shape index (κ2) is 9.16. The SMILES string of the molecule is COc1cccc2cc(/C=C/C(=O)NNC(=O)COc3ccc(Cl)c(C)c3)oc12. The number of hydrogen-bond donors (Lipinski definition) is 2. The predicted molar refractivity (Wildman–Crippen MR) is 110 cm³/mol. The van der Waals surface area contributed by atoms with Crippen molar-refractivity contribution in [2.75, 3.05) is 13.7 Å². The van der Waals surface area contributed by atoms with Crippen LogP contribution in [0, 0.1) is 6.92 Å². The minimum Gasteiger partial charge on any atom is -0.493 e. The molecule has 29 heavy (non-hydrogen) atoms. The molecule has 0 saturated heterocycles. The zero-order valence-electron chi connectivity index (χ0n) is 15.8. The number of para-hydroxylation sites is 1. The number of fused-ring (bicyclic) bond motifs is 1. The molecule has 2 N–H and O–H groups in total. The number of methoxy groups -OCH3 is 1. The van der Waals surface area contributed by atoms with E-state index in [9.17, 15) is 9.59 Å². The van der Waals surface area contributed by atoms with Crippen molar-refractivity contribution < 1.29 is 23.5 Å². The molecule has 1 heterocycles.